The lowest BCUT2D eigenvalue weighted by atomic mass is 10.1. The van der Waals surface area contributed by atoms with Crippen molar-refractivity contribution in [2.24, 2.45) is 0 Å². The molecular formula is C16H14FN3O2. The van der Waals surface area contributed by atoms with Gasteiger partial charge in [0.2, 0.25) is 0 Å². The number of ether oxygens (including phenoxy) is 1. The molecular weight excluding hydrogens is 285 g/mol. The Morgan fingerprint density at radius 1 is 1.23 bits per heavy atom. The van der Waals surface area contributed by atoms with Gasteiger partial charge in [-0.1, -0.05) is 29.5 Å². The van der Waals surface area contributed by atoms with Gasteiger partial charge in [0.25, 0.3) is 0 Å². The molecule has 22 heavy (non-hydrogen) atoms. The fourth-order valence-corrected chi connectivity index (χ4v) is 2.23. The highest BCUT2D eigenvalue weighted by atomic mass is 19.1. The van der Waals surface area contributed by atoms with Crippen LogP contribution < -0.4 is 0 Å². The first kappa shape index (κ1) is 14.2. The van der Waals surface area contributed by atoms with Gasteiger partial charge in [-0.15, -0.1) is 5.10 Å². The van der Waals surface area contributed by atoms with Crippen LogP contribution in [0.2, 0.25) is 0 Å². The third kappa shape index (κ3) is 2.56. The Labute approximate surface area is 126 Å². The molecule has 1 aromatic heterocycles. The van der Waals surface area contributed by atoms with Crippen LogP contribution in [-0.2, 0) is 4.74 Å². The standard InChI is InChI=1S/C16H14FN3O2/c1-22-10-15(16(21)11-6-8-12(17)9-7-11)20-14-5-3-2-4-13(14)18-19-20/h2-10,16,21H,1H3/b15-10-. The SMILES string of the molecule is CO/C=C(/C(O)c1ccc(F)cc1)n1nnc2ccccc21. The quantitative estimate of drug-likeness (QED) is 0.753. The van der Waals surface area contributed by atoms with Gasteiger partial charge < -0.3 is 9.84 Å². The van der Waals surface area contributed by atoms with Crippen molar-refractivity contribution in [3.63, 3.8) is 0 Å². The van der Waals surface area contributed by atoms with Crippen LogP contribution in [-0.4, -0.2) is 27.2 Å². The minimum atomic E-state index is -1.02. The maximum absolute atomic E-state index is 13.0. The number of halogens is 1. The maximum atomic E-state index is 13.0. The highest BCUT2D eigenvalue weighted by Gasteiger charge is 2.19. The molecule has 1 atom stereocenters. The van der Waals surface area contributed by atoms with Gasteiger partial charge in [-0.05, 0) is 29.8 Å². The lowest BCUT2D eigenvalue weighted by Gasteiger charge is -2.15. The molecule has 6 heteroatoms. The average Bonchev–Trinajstić information content (AvgIpc) is 2.96. The second-order valence-electron chi connectivity index (χ2n) is 4.72. The van der Waals surface area contributed by atoms with Gasteiger partial charge in [0.15, 0.2) is 0 Å². The second-order valence-corrected chi connectivity index (χ2v) is 4.72. The summed E-state index contributed by atoms with van der Waals surface area (Å²) in [6.07, 6.45) is 0.375. The summed E-state index contributed by atoms with van der Waals surface area (Å²) in [6.45, 7) is 0. The molecule has 0 aliphatic carbocycles. The first-order valence-corrected chi connectivity index (χ1v) is 6.68. The maximum Gasteiger partial charge on any atom is 0.124 e. The molecule has 0 saturated heterocycles. The Kier molecular flexibility index (Phi) is 3.84. The number of hydrogen-bond acceptors (Lipinski definition) is 4. The lowest BCUT2D eigenvalue weighted by molar-refractivity contribution is 0.223. The Morgan fingerprint density at radius 2 is 1.95 bits per heavy atom. The number of benzene rings is 2. The number of fused-ring (bicyclic) bond motifs is 1. The summed E-state index contributed by atoms with van der Waals surface area (Å²) in [5.41, 5.74) is 2.37. The van der Waals surface area contributed by atoms with Crippen molar-refractivity contribution in [1.29, 1.82) is 0 Å². The van der Waals surface area contributed by atoms with Crippen molar-refractivity contribution in [2.45, 2.75) is 6.10 Å². The van der Waals surface area contributed by atoms with Crippen molar-refractivity contribution >= 4 is 16.7 Å². The molecule has 112 valence electrons. The van der Waals surface area contributed by atoms with Crippen LogP contribution >= 0.6 is 0 Å². The van der Waals surface area contributed by atoms with E-state index in [1.807, 2.05) is 24.3 Å². The molecule has 3 aromatic rings. The number of aromatic nitrogens is 3. The van der Waals surface area contributed by atoms with Crippen LogP contribution in [0.1, 0.15) is 11.7 Å². The Bertz CT molecular complexity index is 812. The van der Waals surface area contributed by atoms with E-state index >= 15 is 0 Å². The van der Waals surface area contributed by atoms with E-state index in [1.54, 1.807) is 0 Å². The topological polar surface area (TPSA) is 60.2 Å². The fraction of sp³-hybridized carbons (Fsp3) is 0.125. The van der Waals surface area contributed by atoms with E-state index in [2.05, 4.69) is 10.3 Å². The third-order valence-corrected chi connectivity index (χ3v) is 3.30. The second kappa shape index (κ2) is 5.95. The summed E-state index contributed by atoms with van der Waals surface area (Å²) in [7, 11) is 1.48. The minimum absolute atomic E-state index is 0.362. The van der Waals surface area contributed by atoms with Gasteiger partial charge in [-0.2, -0.15) is 0 Å². The van der Waals surface area contributed by atoms with E-state index in [9.17, 15) is 9.50 Å². The van der Waals surface area contributed by atoms with E-state index in [-0.39, 0.29) is 5.82 Å². The monoisotopic (exact) mass is 299 g/mol. The summed E-state index contributed by atoms with van der Waals surface area (Å²) in [5.74, 6) is -0.362. The number of hydrogen-bond donors (Lipinski definition) is 1. The van der Waals surface area contributed by atoms with Crippen LogP contribution in [0.4, 0.5) is 4.39 Å². The molecule has 0 spiro atoms. The van der Waals surface area contributed by atoms with Crippen molar-refractivity contribution in [1.82, 2.24) is 15.0 Å². The number of nitrogens with zero attached hydrogens (tertiary/aromatic N) is 3. The number of aliphatic hydroxyl groups is 1. The Hall–Kier alpha value is -2.73. The van der Waals surface area contributed by atoms with E-state index in [0.29, 0.717) is 16.8 Å². The molecule has 0 aliphatic rings. The predicted molar refractivity (Wildman–Crippen MR) is 80.2 cm³/mol. The molecule has 3 rings (SSSR count). The van der Waals surface area contributed by atoms with Crippen LogP contribution in [0.5, 0.6) is 0 Å². The Morgan fingerprint density at radius 3 is 2.68 bits per heavy atom. The first-order valence-electron chi connectivity index (χ1n) is 6.68. The molecule has 2 aromatic carbocycles. The third-order valence-electron chi connectivity index (χ3n) is 3.30. The van der Waals surface area contributed by atoms with Crippen LogP contribution in [0.15, 0.2) is 54.8 Å². The summed E-state index contributed by atoms with van der Waals surface area (Å²) in [4.78, 5) is 0. The van der Waals surface area contributed by atoms with Crippen LogP contribution in [0.25, 0.3) is 16.7 Å². The average molecular weight is 299 g/mol. The summed E-state index contributed by atoms with van der Waals surface area (Å²) >= 11 is 0. The zero-order valence-electron chi connectivity index (χ0n) is 11.8. The highest BCUT2D eigenvalue weighted by Crippen LogP contribution is 2.27. The molecule has 5 nitrogen and oxygen atoms in total. The molecule has 0 fully saturated rings. The van der Waals surface area contributed by atoms with E-state index in [1.165, 1.54) is 42.3 Å². The highest BCUT2D eigenvalue weighted by molar-refractivity contribution is 5.78. The van der Waals surface area contributed by atoms with Gasteiger partial charge in [0, 0.05) is 0 Å². The number of methoxy groups -OCH3 is 1. The van der Waals surface area contributed by atoms with E-state index in [4.69, 9.17) is 4.74 Å². The number of rotatable bonds is 4. The van der Waals surface area contributed by atoms with Crippen molar-refractivity contribution in [3.05, 3.63) is 66.2 Å². The summed E-state index contributed by atoms with van der Waals surface area (Å²) < 4.78 is 19.6. The van der Waals surface area contributed by atoms with E-state index in [0.717, 1.165) is 5.52 Å². The summed E-state index contributed by atoms with van der Waals surface area (Å²) in [5, 5.41) is 18.7. The molecule has 1 N–H and O–H groups in total. The van der Waals surface area contributed by atoms with Gasteiger partial charge in [-0.3, -0.25) is 0 Å². The van der Waals surface area contributed by atoms with Gasteiger partial charge in [0.1, 0.15) is 29.4 Å². The normalized spacial score (nSPS) is 13.3. The number of para-hydroxylation sites is 1. The van der Waals surface area contributed by atoms with Crippen molar-refractivity contribution in [2.75, 3.05) is 7.11 Å². The van der Waals surface area contributed by atoms with Crippen molar-refractivity contribution < 1.29 is 14.2 Å². The first-order chi connectivity index (χ1) is 10.7. The molecule has 0 aliphatic heterocycles. The molecule has 1 heterocycles. The zero-order chi connectivity index (χ0) is 15.5. The molecule has 0 bridgehead atoms. The molecule has 0 radical (unpaired) electrons. The van der Waals surface area contributed by atoms with E-state index < -0.39 is 6.10 Å². The number of aliphatic hydroxyl groups excluding tert-OH is 1. The largest absolute Gasteiger partial charge is 0.502 e. The molecule has 1 unspecified atom stereocenters. The van der Waals surface area contributed by atoms with Crippen LogP contribution in [0, 0.1) is 5.82 Å². The minimum Gasteiger partial charge on any atom is -0.502 e. The van der Waals surface area contributed by atoms with Gasteiger partial charge >= 0.3 is 0 Å². The molecule has 0 amide bonds. The zero-order valence-corrected chi connectivity index (χ0v) is 11.8. The fourth-order valence-electron chi connectivity index (χ4n) is 2.23. The smallest absolute Gasteiger partial charge is 0.124 e. The molecule has 0 saturated carbocycles. The summed E-state index contributed by atoms with van der Waals surface area (Å²) in [6, 6.07) is 13.0. The van der Waals surface area contributed by atoms with Gasteiger partial charge in [-0.25, -0.2) is 9.07 Å². The predicted octanol–water partition coefficient (Wildman–Crippen LogP) is 2.75. The van der Waals surface area contributed by atoms with Crippen LogP contribution in [0.3, 0.4) is 0 Å². The Balaban J connectivity index is 2.06. The van der Waals surface area contributed by atoms with Crippen molar-refractivity contribution in [3.8, 4) is 0 Å². The van der Waals surface area contributed by atoms with Gasteiger partial charge in [0.05, 0.1) is 12.6 Å². The lowest BCUT2D eigenvalue weighted by Crippen LogP contribution is -2.10.